The molecule has 1 aromatic carbocycles. The number of benzene rings is 1. The van der Waals surface area contributed by atoms with Crippen LogP contribution in [0.2, 0.25) is 0 Å². The van der Waals surface area contributed by atoms with Gasteiger partial charge in [0.1, 0.15) is 18.2 Å². The van der Waals surface area contributed by atoms with Crippen LogP contribution in [-0.4, -0.2) is 42.2 Å². The first-order valence-corrected chi connectivity index (χ1v) is 8.28. The Morgan fingerprint density at radius 1 is 1.11 bits per heavy atom. The summed E-state index contributed by atoms with van der Waals surface area (Å²) in [4.78, 5) is 19.2. The van der Waals surface area contributed by atoms with E-state index >= 15 is 0 Å². The van der Waals surface area contributed by atoms with E-state index in [-0.39, 0.29) is 31.1 Å². The largest absolute Gasteiger partial charge is 0.444 e. The van der Waals surface area contributed by atoms with Gasteiger partial charge in [0.25, 0.3) is 0 Å². The second kappa shape index (κ2) is 7.81. The zero-order valence-electron chi connectivity index (χ0n) is 14.2. The molecular formula is C18H17F4N3O2. The fourth-order valence-corrected chi connectivity index (χ4v) is 2.73. The number of nitrogens with zero attached hydrogens (tertiary/aromatic N) is 3. The summed E-state index contributed by atoms with van der Waals surface area (Å²) >= 11 is 0. The van der Waals surface area contributed by atoms with E-state index in [2.05, 4.69) is 4.98 Å². The van der Waals surface area contributed by atoms with Crippen molar-refractivity contribution in [3.8, 4) is 0 Å². The molecule has 144 valence electrons. The van der Waals surface area contributed by atoms with E-state index in [1.165, 1.54) is 17.0 Å². The van der Waals surface area contributed by atoms with Crippen molar-refractivity contribution in [3.05, 3.63) is 59.5 Å². The molecule has 1 aromatic heterocycles. The Labute approximate surface area is 153 Å². The lowest BCUT2D eigenvalue weighted by Crippen LogP contribution is -2.49. The standard InChI is InChI=1S/C18H17F4N3O2/c19-15-4-2-1-3-13(15)12-27-17(26)25-9-7-24(8-10-25)16-11-14(5-6-23-16)18(20,21)22/h1-6,11H,7-10,12H2. The molecule has 9 heteroatoms. The van der Waals surface area contributed by atoms with Crippen LogP contribution in [0.5, 0.6) is 0 Å². The predicted octanol–water partition coefficient (Wildman–Crippen LogP) is 3.70. The Bertz CT molecular complexity index is 805. The first-order chi connectivity index (χ1) is 12.8. The van der Waals surface area contributed by atoms with Crippen LogP contribution in [0.15, 0.2) is 42.6 Å². The highest BCUT2D eigenvalue weighted by Crippen LogP contribution is 2.30. The highest BCUT2D eigenvalue weighted by Gasteiger charge is 2.32. The molecule has 1 amide bonds. The number of rotatable bonds is 3. The van der Waals surface area contributed by atoms with E-state index < -0.39 is 23.7 Å². The van der Waals surface area contributed by atoms with Gasteiger partial charge in [-0.05, 0) is 18.2 Å². The maximum Gasteiger partial charge on any atom is 0.416 e. The molecule has 0 radical (unpaired) electrons. The number of aromatic nitrogens is 1. The molecule has 1 aliphatic heterocycles. The van der Waals surface area contributed by atoms with Gasteiger partial charge >= 0.3 is 12.3 Å². The Morgan fingerprint density at radius 2 is 1.81 bits per heavy atom. The smallest absolute Gasteiger partial charge is 0.416 e. The number of pyridine rings is 1. The molecule has 0 N–H and O–H groups in total. The van der Waals surface area contributed by atoms with Crippen LogP contribution < -0.4 is 4.90 Å². The van der Waals surface area contributed by atoms with Crippen LogP contribution in [0.25, 0.3) is 0 Å². The Morgan fingerprint density at radius 3 is 2.48 bits per heavy atom. The van der Waals surface area contributed by atoms with Crippen molar-refractivity contribution in [3.63, 3.8) is 0 Å². The van der Waals surface area contributed by atoms with Crippen molar-refractivity contribution < 1.29 is 27.1 Å². The average Bonchev–Trinajstić information content (AvgIpc) is 2.67. The number of hydrogen-bond acceptors (Lipinski definition) is 4. The summed E-state index contributed by atoms with van der Waals surface area (Å²) in [6, 6.07) is 7.91. The second-order valence-electron chi connectivity index (χ2n) is 6.02. The second-order valence-corrected chi connectivity index (χ2v) is 6.02. The van der Waals surface area contributed by atoms with Crippen molar-refractivity contribution >= 4 is 11.9 Å². The number of amides is 1. The quantitative estimate of drug-likeness (QED) is 0.759. The summed E-state index contributed by atoms with van der Waals surface area (Å²) in [6.07, 6.45) is -3.90. The number of carbonyl (C=O) groups excluding carboxylic acids is 1. The molecule has 27 heavy (non-hydrogen) atoms. The predicted molar refractivity (Wildman–Crippen MR) is 89.6 cm³/mol. The van der Waals surface area contributed by atoms with Gasteiger partial charge in [0.05, 0.1) is 5.56 Å². The maximum atomic E-state index is 13.5. The van der Waals surface area contributed by atoms with Crippen LogP contribution in [0, 0.1) is 5.82 Å². The number of alkyl halides is 3. The van der Waals surface area contributed by atoms with Crippen molar-refractivity contribution in [2.75, 3.05) is 31.1 Å². The Kier molecular flexibility index (Phi) is 5.48. The monoisotopic (exact) mass is 383 g/mol. The molecule has 1 saturated heterocycles. The van der Waals surface area contributed by atoms with Gasteiger partial charge in [-0.3, -0.25) is 0 Å². The van der Waals surface area contributed by atoms with E-state index in [4.69, 9.17) is 4.74 Å². The van der Waals surface area contributed by atoms with Gasteiger partial charge in [0.15, 0.2) is 0 Å². The molecular weight excluding hydrogens is 366 g/mol. The summed E-state index contributed by atoms with van der Waals surface area (Å²) in [5.74, 6) is -0.241. The van der Waals surface area contributed by atoms with Gasteiger partial charge in [-0.25, -0.2) is 14.2 Å². The van der Waals surface area contributed by atoms with Crippen LogP contribution in [0.3, 0.4) is 0 Å². The lowest BCUT2D eigenvalue weighted by molar-refractivity contribution is -0.137. The van der Waals surface area contributed by atoms with E-state index in [1.54, 1.807) is 17.0 Å². The zero-order chi connectivity index (χ0) is 19.4. The van der Waals surface area contributed by atoms with Gasteiger partial charge in [0, 0.05) is 37.9 Å². The van der Waals surface area contributed by atoms with Crippen LogP contribution >= 0.6 is 0 Å². The fourth-order valence-electron chi connectivity index (χ4n) is 2.73. The Balaban J connectivity index is 1.54. The molecule has 0 saturated carbocycles. The first kappa shape index (κ1) is 18.9. The van der Waals surface area contributed by atoms with E-state index in [1.807, 2.05) is 0 Å². The molecule has 0 unspecified atom stereocenters. The van der Waals surface area contributed by atoms with Crippen molar-refractivity contribution in [2.24, 2.45) is 0 Å². The number of piperazine rings is 1. The minimum atomic E-state index is -4.43. The van der Waals surface area contributed by atoms with Crippen molar-refractivity contribution in [1.29, 1.82) is 0 Å². The third-order valence-corrected chi connectivity index (χ3v) is 4.24. The number of hydrogen-bond donors (Lipinski definition) is 0. The van der Waals surface area contributed by atoms with E-state index in [0.29, 0.717) is 13.1 Å². The SMILES string of the molecule is O=C(OCc1ccccc1F)N1CCN(c2cc(C(F)(F)F)ccn2)CC1. The average molecular weight is 383 g/mol. The molecule has 5 nitrogen and oxygen atoms in total. The topological polar surface area (TPSA) is 45.7 Å². The first-order valence-electron chi connectivity index (χ1n) is 8.28. The van der Waals surface area contributed by atoms with Gasteiger partial charge in [-0.2, -0.15) is 13.2 Å². The zero-order valence-corrected chi connectivity index (χ0v) is 14.2. The van der Waals surface area contributed by atoms with Gasteiger partial charge in [0.2, 0.25) is 0 Å². The summed E-state index contributed by atoms with van der Waals surface area (Å²) in [5, 5.41) is 0. The van der Waals surface area contributed by atoms with Crippen LogP contribution in [0.4, 0.5) is 28.2 Å². The number of ether oxygens (including phenoxy) is 1. The molecule has 0 atom stereocenters. The highest BCUT2D eigenvalue weighted by molar-refractivity contribution is 5.68. The molecule has 3 rings (SSSR count). The number of anilines is 1. The van der Waals surface area contributed by atoms with Crippen LogP contribution in [-0.2, 0) is 17.5 Å². The van der Waals surface area contributed by atoms with Crippen molar-refractivity contribution in [2.45, 2.75) is 12.8 Å². The summed E-state index contributed by atoms with van der Waals surface area (Å²) in [6.45, 7) is 1.01. The molecule has 0 bridgehead atoms. The third kappa shape index (κ3) is 4.66. The number of carbonyl (C=O) groups is 1. The van der Waals surface area contributed by atoms with Gasteiger partial charge < -0.3 is 14.5 Å². The van der Waals surface area contributed by atoms with E-state index in [0.717, 1.165) is 18.3 Å². The minimum Gasteiger partial charge on any atom is -0.444 e. The molecule has 2 heterocycles. The van der Waals surface area contributed by atoms with Crippen molar-refractivity contribution in [1.82, 2.24) is 9.88 Å². The summed E-state index contributed by atoms with van der Waals surface area (Å²) in [5.41, 5.74) is -0.489. The summed E-state index contributed by atoms with van der Waals surface area (Å²) < 4.78 is 57.1. The van der Waals surface area contributed by atoms with E-state index in [9.17, 15) is 22.4 Å². The fraction of sp³-hybridized carbons (Fsp3) is 0.333. The van der Waals surface area contributed by atoms with Gasteiger partial charge in [-0.15, -0.1) is 0 Å². The lowest BCUT2D eigenvalue weighted by Gasteiger charge is -2.34. The Hall–Kier alpha value is -2.84. The lowest BCUT2D eigenvalue weighted by atomic mass is 10.2. The molecule has 1 aliphatic rings. The maximum absolute atomic E-state index is 13.5. The summed E-state index contributed by atoms with van der Waals surface area (Å²) in [7, 11) is 0. The number of halogens is 4. The highest BCUT2D eigenvalue weighted by atomic mass is 19.4. The van der Waals surface area contributed by atoms with Gasteiger partial charge in [-0.1, -0.05) is 18.2 Å². The molecule has 1 fully saturated rings. The molecule has 2 aromatic rings. The van der Waals surface area contributed by atoms with Crippen LogP contribution in [0.1, 0.15) is 11.1 Å². The third-order valence-electron chi connectivity index (χ3n) is 4.24. The normalized spacial score (nSPS) is 15.0. The molecule has 0 spiro atoms. The minimum absolute atomic E-state index is 0.180. The molecule has 0 aliphatic carbocycles.